The summed E-state index contributed by atoms with van der Waals surface area (Å²) in [6, 6.07) is 59.6. The molecule has 0 saturated heterocycles. The number of thioether (sulfide) groups is 4. The van der Waals surface area contributed by atoms with Gasteiger partial charge in [-0.15, -0.1) is 136 Å². The molecule has 1 aliphatic heterocycles. The maximum atomic E-state index is 11.1. The van der Waals surface area contributed by atoms with E-state index < -0.39 is 24.0 Å². The first-order valence-electron chi connectivity index (χ1n) is 28.5. The number of nitrogens with zero attached hydrogens (tertiary/aromatic N) is 6. The summed E-state index contributed by atoms with van der Waals surface area (Å²) < 4.78 is 14.5. The molecule has 2 atom stereocenters. The van der Waals surface area contributed by atoms with E-state index in [4.69, 9.17) is 89.5 Å². The quantitative estimate of drug-likeness (QED) is 0.00475. The number of ether oxygens (including phenoxy) is 2. The maximum Gasteiger partial charge on any atom is 1.00 e. The number of thiazole rings is 3. The number of carbonyl (C=O) groups is 4. The summed E-state index contributed by atoms with van der Waals surface area (Å²) in [7, 11) is 0. The van der Waals surface area contributed by atoms with E-state index in [-0.39, 0.29) is 334 Å². The van der Waals surface area contributed by atoms with Gasteiger partial charge in [0, 0.05) is 65.4 Å². The number of hydrogen-bond donors (Lipinski definition) is 6. The van der Waals surface area contributed by atoms with E-state index >= 15 is 0 Å². The number of carboxylic acids is 2. The van der Waals surface area contributed by atoms with Crippen LogP contribution in [0.5, 0.6) is 17.2 Å². The molecular formula is C66H67BrCl3IK4N7Na2O14S9+. The molecule has 544 valence electrons. The largest absolute Gasteiger partial charge is 1.00 e. The zero-order valence-electron chi connectivity index (χ0n) is 60.1. The molecular weight excluding hydrogens is 1920 g/mol. The Bertz CT molecular complexity index is 4030. The summed E-state index contributed by atoms with van der Waals surface area (Å²) >= 11 is 32.5. The van der Waals surface area contributed by atoms with Gasteiger partial charge in [-0.25, -0.2) is 19.7 Å². The number of thiol groups is 2. The standard InChI is InChI=1S/C19H16N2O3S3.C16H12N2OS2.C8H9ClS.C8H4N2OS.C6H6S.C3H7NO2S.C2H4BrCl.C2H5O.2CH2O3.ClH.HI.4K.2Na.H/c22-19(23)15-11-26-17(21-15)18-20-14-7-6-12(10-16(14)27-18)24-8-9-25-13-4-2-1-3-5-13;17-11-16-18-14-7-6-12(10-15(14)21-16)19-8-9-20-13-4-2-1-3-5-13;9-6-7-10-8-4-2-1-3-5-8;9-4-8-10-6-2-1-5(11)3-7(6)12-8;7-6-4-2-1-3-5-6;4-2(1-7)3(5)6;3-1-2-4;1-2-3;2*2-1-4-3;;;;;;;;;/h1-7,10,15H,8-9,11H2,(H,22,23);1-7,10H,8-9H2;1-5H,6-7H2;1-3,11H;1-5,7H;2,7H,1,4H2,(H,5,6);1-2H2;2H2,1H3;2*1,3H;2*1H;;;;;;;/q;;;;;;;-1;;;;;6*+1;-1/p-3/t15-;;;;;;;;;;;;;;;;;;/m1................../s1. The number of carbonyl (C=O) groups excluding carboxylic acids is 2. The number of nitriles is 2. The van der Waals surface area contributed by atoms with Crippen LogP contribution in [-0.4, -0.2) is 138 Å². The van der Waals surface area contributed by atoms with Gasteiger partial charge < -0.3 is 81.3 Å². The van der Waals surface area contributed by atoms with Crippen molar-refractivity contribution in [2.24, 2.45) is 10.7 Å². The second kappa shape index (κ2) is 81.1. The Balaban J connectivity index is -0.000000184. The van der Waals surface area contributed by atoms with E-state index in [1.54, 1.807) is 60.4 Å². The Kier molecular flexibility index (Phi) is 93.1. The van der Waals surface area contributed by atoms with Crippen molar-refractivity contribution >= 4 is 218 Å². The number of aliphatic imine (C=N–C) groups is 1. The summed E-state index contributed by atoms with van der Waals surface area (Å²) in [6.07, 6.45) is 0. The number of benzene rings is 7. The zero-order chi connectivity index (χ0) is 72.8. The molecule has 41 heteroatoms. The number of aromatic hydroxyl groups is 1. The van der Waals surface area contributed by atoms with Crippen LogP contribution in [-0.2, 0) is 29.0 Å². The van der Waals surface area contributed by atoms with E-state index in [1.165, 1.54) is 60.5 Å². The number of nitrogens with two attached hydrogens (primary N) is 1. The van der Waals surface area contributed by atoms with Crippen molar-refractivity contribution in [1.82, 2.24) is 15.0 Å². The third-order valence-corrected chi connectivity index (χ3v) is 19.8. The Hall–Kier alpha value is 2.71. The summed E-state index contributed by atoms with van der Waals surface area (Å²) in [6.45, 7) is 2.48. The second-order valence-electron chi connectivity index (χ2n) is 17.7. The SMILES string of the molecule is CC[O-].Cl.ClCCBr.ClCCSc1ccccc1.N#Cc1nc2ccc(O)cc2s1.N#Cc1nc2ccc(OCCSc3ccccc3)cc2s1.NC(CS)C(=O)O.O=C(O)[C@H]1CSC(c2nc3ccc(OCCSc4ccccc4)cc3s2)=N1.O=CO[O-].O=CO[O-].Sc1ccccc1.[H-].[I-].[K+].[K+].[K+].[K+].[Na+].[Na+]. The predicted octanol–water partition coefficient (Wildman–Crippen LogP) is -7.63. The first-order valence-corrected chi connectivity index (χ1v) is 38.1. The van der Waals surface area contributed by atoms with E-state index in [2.05, 4.69) is 113 Å². The minimum atomic E-state index is -1.00. The molecule has 4 heterocycles. The number of phenols is 1. The zero-order valence-corrected chi connectivity index (χ0v) is 89.2. The van der Waals surface area contributed by atoms with Crippen LogP contribution in [0.1, 0.15) is 23.4 Å². The molecule has 10 aromatic rings. The molecule has 21 nitrogen and oxygen atoms in total. The minimum absolute atomic E-state index is 0. The molecule has 107 heavy (non-hydrogen) atoms. The number of fused-ring (bicyclic) bond motifs is 3. The predicted molar refractivity (Wildman–Crippen MR) is 414 cm³/mol. The molecule has 11 rings (SSSR count). The molecule has 1 unspecified atom stereocenters. The van der Waals surface area contributed by atoms with E-state index in [1.807, 2.05) is 127 Å². The fraction of sp³-hybridized carbons (Fsp3) is 0.212. The first-order chi connectivity index (χ1) is 48.0. The number of aliphatic carboxylic acids is 2. The third-order valence-electron chi connectivity index (χ3n) is 10.6. The summed E-state index contributed by atoms with van der Waals surface area (Å²) in [5.41, 5.74) is 7.43. The van der Waals surface area contributed by atoms with Crippen molar-refractivity contribution in [3.63, 3.8) is 0 Å². The maximum absolute atomic E-state index is 11.1. The number of halogens is 5. The van der Waals surface area contributed by atoms with Crippen LogP contribution >= 0.6 is 158 Å². The third kappa shape index (κ3) is 58.3. The van der Waals surface area contributed by atoms with Crippen LogP contribution in [0.15, 0.2) is 200 Å². The molecule has 0 amide bonds. The van der Waals surface area contributed by atoms with Crippen molar-refractivity contribution in [2.45, 2.75) is 38.6 Å². The van der Waals surface area contributed by atoms with Gasteiger partial charge in [0.1, 0.15) is 45.5 Å². The fourth-order valence-electron chi connectivity index (χ4n) is 6.56. The van der Waals surface area contributed by atoms with Gasteiger partial charge in [0.15, 0.2) is 16.1 Å². The molecule has 0 saturated carbocycles. The Labute approximate surface area is 919 Å². The Morgan fingerprint density at radius 3 is 1.36 bits per heavy atom. The van der Waals surface area contributed by atoms with Crippen molar-refractivity contribution in [3.8, 4) is 29.4 Å². The van der Waals surface area contributed by atoms with E-state index in [9.17, 15) is 9.59 Å². The normalized spacial score (nSPS) is 10.5. The number of aromatic nitrogens is 3. The van der Waals surface area contributed by atoms with Gasteiger partial charge in [-0.05, 0) is 103 Å². The average Bonchev–Trinajstić information content (AvgIpc) is 1.68. The fourth-order valence-corrected chi connectivity index (χ4v) is 13.0. The van der Waals surface area contributed by atoms with Crippen LogP contribution < -0.4 is 319 Å². The van der Waals surface area contributed by atoms with Crippen LogP contribution in [0.2, 0.25) is 0 Å². The van der Waals surface area contributed by atoms with Crippen molar-refractivity contribution in [3.05, 3.63) is 191 Å². The summed E-state index contributed by atoms with van der Waals surface area (Å²) in [4.78, 5) is 65.2. The van der Waals surface area contributed by atoms with E-state index in [0.717, 1.165) is 80.5 Å². The molecule has 0 fully saturated rings. The van der Waals surface area contributed by atoms with Gasteiger partial charge in [0.05, 0.1) is 43.9 Å². The molecule has 0 aliphatic carbocycles. The number of rotatable bonds is 20. The monoisotopic (exact) mass is 1980 g/mol. The van der Waals surface area contributed by atoms with Crippen LogP contribution in [0.4, 0.5) is 0 Å². The summed E-state index contributed by atoms with van der Waals surface area (Å²) in [5, 5.41) is 72.7. The Morgan fingerprint density at radius 2 is 1.04 bits per heavy atom. The number of carboxylic acid groups (broad SMARTS) is 2. The number of phenolic OH excluding ortho intramolecular Hbond substituents is 1. The van der Waals surface area contributed by atoms with E-state index in [0.29, 0.717) is 39.9 Å². The van der Waals surface area contributed by atoms with Gasteiger partial charge in [0.2, 0.25) is 0 Å². The topological polar surface area (TPSA) is 360 Å². The van der Waals surface area contributed by atoms with Gasteiger partial charge >= 0.3 is 277 Å². The molecule has 5 N–H and O–H groups in total. The molecule has 7 aromatic carbocycles. The first kappa shape index (κ1) is 123. The molecule has 0 spiro atoms. The van der Waals surface area contributed by atoms with Gasteiger partial charge in [-0.2, -0.15) is 23.2 Å². The number of alkyl halides is 3. The van der Waals surface area contributed by atoms with Gasteiger partial charge in [-0.1, -0.05) is 95.7 Å². The van der Waals surface area contributed by atoms with Gasteiger partial charge in [0.25, 0.3) is 12.9 Å². The van der Waals surface area contributed by atoms with Gasteiger partial charge in [-0.3, -0.25) is 19.4 Å². The van der Waals surface area contributed by atoms with Crippen LogP contribution in [0.25, 0.3) is 30.6 Å². The Morgan fingerprint density at radius 1 is 0.673 bits per heavy atom. The second-order valence-corrected chi connectivity index (χ2v) is 27.7. The minimum Gasteiger partial charge on any atom is -1.00 e. The van der Waals surface area contributed by atoms with Crippen molar-refractivity contribution in [1.29, 1.82) is 10.5 Å². The average molecular weight is 1990 g/mol. The van der Waals surface area contributed by atoms with Crippen LogP contribution in [0, 0.1) is 22.7 Å². The smallest absolute Gasteiger partial charge is 1.00 e. The van der Waals surface area contributed by atoms with Crippen molar-refractivity contribution < 1.29 is 359 Å². The molecule has 1 aliphatic rings. The summed E-state index contributed by atoms with van der Waals surface area (Å²) in [5.74, 6) is 4.80. The van der Waals surface area contributed by atoms with Crippen molar-refractivity contribution in [2.75, 3.05) is 65.7 Å². The molecule has 3 aromatic heterocycles. The number of hydrogen-bond acceptors (Lipinski definition) is 28. The molecule has 0 radical (unpaired) electrons. The van der Waals surface area contributed by atoms with Crippen LogP contribution in [0.3, 0.4) is 0 Å². The molecule has 0 bridgehead atoms.